The molecule has 4 nitrogen and oxygen atoms in total. The van der Waals surface area contributed by atoms with Crippen LogP contribution in [0.4, 0.5) is 0 Å². The SMILES string of the molecule is Cc1cc2c(O)c(CC(C)(C)C(=O)O)ccc2[nH]1. The smallest absolute Gasteiger partial charge is 0.309 e. The Balaban J connectivity index is 2.46. The van der Waals surface area contributed by atoms with Gasteiger partial charge in [-0.2, -0.15) is 0 Å². The van der Waals surface area contributed by atoms with Gasteiger partial charge in [-0.05, 0) is 44.9 Å². The molecule has 0 fully saturated rings. The van der Waals surface area contributed by atoms with Crippen LogP contribution in [-0.4, -0.2) is 21.2 Å². The molecule has 0 aliphatic carbocycles. The molecule has 2 rings (SSSR count). The van der Waals surface area contributed by atoms with E-state index in [1.54, 1.807) is 19.9 Å². The number of phenols is 1. The van der Waals surface area contributed by atoms with Crippen LogP contribution in [0.3, 0.4) is 0 Å². The minimum absolute atomic E-state index is 0.172. The number of fused-ring (bicyclic) bond motifs is 1. The fraction of sp³-hybridized carbons (Fsp3) is 0.357. The van der Waals surface area contributed by atoms with E-state index in [1.165, 1.54) is 0 Å². The molecule has 2 aromatic rings. The fourth-order valence-corrected chi connectivity index (χ4v) is 2.07. The van der Waals surface area contributed by atoms with Crippen LogP contribution in [-0.2, 0) is 11.2 Å². The van der Waals surface area contributed by atoms with Gasteiger partial charge in [-0.3, -0.25) is 4.79 Å². The van der Waals surface area contributed by atoms with E-state index in [1.807, 2.05) is 19.1 Å². The van der Waals surface area contributed by atoms with Gasteiger partial charge in [0.15, 0.2) is 0 Å². The number of carbonyl (C=O) groups is 1. The molecule has 0 saturated carbocycles. The third kappa shape index (κ3) is 2.06. The van der Waals surface area contributed by atoms with Gasteiger partial charge in [-0.1, -0.05) is 6.07 Å². The number of rotatable bonds is 3. The van der Waals surface area contributed by atoms with Crippen LogP contribution in [0.25, 0.3) is 10.9 Å². The Morgan fingerprint density at radius 2 is 2.06 bits per heavy atom. The van der Waals surface area contributed by atoms with Crippen LogP contribution < -0.4 is 0 Å². The van der Waals surface area contributed by atoms with E-state index in [9.17, 15) is 9.90 Å². The quantitative estimate of drug-likeness (QED) is 0.780. The first-order valence-electron chi connectivity index (χ1n) is 5.85. The predicted molar refractivity (Wildman–Crippen MR) is 69.8 cm³/mol. The molecule has 0 atom stereocenters. The Labute approximate surface area is 105 Å². The van der Waals surface area contributed by atoms with Crippen molar-refractivity contribution in [3.8, 4) is 5.75 Å². The van der Waals surface area contributed by atoms with E-state index >= 15 is 0 Å². The monoisotopic (exact) mass is 247 g/mol. The number of nitrogens with one attached hydrogen (secondary N) is 1. The van der Waals surface area contributed by atoms with Crippen LogP contribution >= 0.6 is 0 Å². The Hall–Kier alpha value is -1.97. The second-order valence-electron chi connectivity index (χ2n) is 5.35. The van der Waals surface area contributed by atoms with Crippen molar-refractivity contribution in [2.75, 3.05) is 0 Å². The van der Waals surface area contributed by atoms with Gasteiger partial charge in [0, 0.05) is 16.6 Å². The Morgan fingerprint density at radius 3 is 2.67 bits per heavy atom. The van der Waals surface area contributed by atoms with E-state index in [0.29, 0.717) is 12.0 Å². The number of phenolic OH excluding ortho intramolecular Hbond substituents is 1. The number of hydrogen-bond acceptors (Lipinski definition) is 2. The summed E-state index contributed by atoms with van der Waals surface area (Å²) in [6.45, 7) is 5.23. The van der Waals surface area contributed by atoms with Gasteiger partial charge in [0.2, 0.25) is 0 Å². The molecule has 1 heterocycles. The highest BCUT2D eigenvalue weighted by Gasteiger charge is 2.28. The van der Waals surface area contributed by atoms with Crippen LogP contribution in [0.2, 0.25) is 0 Å². The maximum atomic E-state index is 11.1. The Bertz CT molecular complexity index is 611. The third-order valence-electron chi connectivity index (χ3n) is 3.20. The summed E-state index contributed by atoms with van der Waals surface area (Å²) in [5, 5.41) is 20.1. The van der Waals surface area contributed by atoms with E-state index in [-0.39, 0.29) is 5.75 Å². The van der Waals surface area contributed by atoms with Crippen molar-refractivity contribution < 1.29 is 15.0 Å². The van der Waals surface area contributed by atoms with E-state index in [0.717, 1.165) is 16.6 Å². The largest absolute Gasteiger partial charge is 0.507 e. The Kier molecular flexibility index (Phi) is 2.81. The molecule has 0 spiro atoms. The summed E-state index contributed by atoms with van der Waals surface area (Å²) in [5.74, 6) is -0.696. The highest BCUT2D eigenvalue weighted by atomic mass is 16.4. The first kappa shape index (κ1) is 12.5. The lowest BCUT2D eigenvalue weighted by Gasteiger charge is -2.19. The molecular formula is C14H17NO3. The molecule has 0 radical (unpaired) electrons. The zero-order chi connectivity index (χ0) is 13.5. The summed E-state index contributed by atoms with van der Waals surface area (Å²) in [6, 6.07) is 5.51. The summed E-state index contributed by atoms with van der Waals surface area (Å²) < 4.78 is 0. The van der Waals surface area contributed by atoms with Gasteiger partial charge >= 0.3 is 5.97 Å². The topological polar surface area (TPSA) is 73.3 Å². The lowest BCUT2D eigenvalue weighted by Crippen LogP contribution is -2.26. The van der Waals surface area contributed by atoms with E-state index in [2.05, 4.69) is 4.98 Å². The molecule has 0 amide bonds. The molecule has 0 bridgehead atoms. The van der Waals surface area contributed by atoms with Gasteiger partial charge in [0.05, 0.1) is 5.41 Å². The van der Waals surface area contributed by atoms with Gasteiger partial charge < -0.3 is 15.2 Å². The van der Waals surface area contributed by atoms with E-state index < -0.39 is 11.4 Å². The summed E-state index contributed by atoms with van der Waals surface area (Å²) in [5.41, 5.74) is 1.60. The second-order valence-corrected chi connectivity index (χ2v) is 5.35. The lowest BCUT2D eigenvalue weighted by molar-refractivity contribution is -0.146. The summed E-state index contributed by atoms with van der Waals surface area (Å²) >= 11 is 0. The fourth-order valence-electron chi connectivity index (χ4n) is 2.07. The number of aliphatic carboxylic acids is 1. The molecular weight excluding hydrogens is 230 g/mol. The molecule has 4 heteroatoms. The third-order valence-corrected chi connectivity index (χ3v) is 3.20. The number of hydrogen-bond donors (Lipinski definition) is 3. The molecule has 3 N–H and O–H groups in total. The van der Waals surface area contributed by atoms with Gasteiger partial charge in [-0.15, -0.1) is 0 Å². The predicted octanol–water partition coefficient (Wildman–Crippen LogP) is 2.84. The standard InChI is InChI=1S/C14H17NO3/c1-8-6-10-11(15-8)5-4-9(12(10)16)7-14(2,3)13(17)18/h4-6,15-16H,7H2,1-3H3,(H,17,18). The molecule has 1 aromatic heterocycles. The molecule has 0 saturated heterocycles. The van der Waals surface area contributed by atoms with Crippen molar-refractivity contribution in [3.63, 3.8) is 0 Å². The van der Waals surface area contributed by atoms with Crippen LogP contribution in [0.5, 0.6) is 5.75 Å². The molecule has 0 aliphatic rings. The average Bonchev–Trinajstić information content (AvgIpc) is 2.64. The number of benzene rings is 1. The van der Waals surface area contributed by atoms with Crippen LogP contribution in [0, 0.1) is 12.3 Å². The summed E-state index contributed by atoms with van der Waals surface area (Å²) in [6.07, 6.45) is 0.300. The summed E-state index contributed by atoms with van der Waals surface area (Å²) in [4.78, 5) is 14.3. The number of aryl methyl sites for hydroxylation is 1. The number of carboxylic acids is 1. The molecule has 1 aromatic carbocycles. The van der Waals surface area contributed by atoms with Crippen LogP contribution in [0.15, 0.2) is 18.2 Å². The average molecular weight is 247 g/mol. The number of aromatic amines is 1. The van der Waals surface area contributed by atoms with Gasteiger partial charge in [0.25, 0.3) is 0 Å². The van der Waals surface area contributed by atoms with Crippen molar-refractivity contribution in [3.05, 3.63) is 29.5 Å². The number of H-pyrrole nitrogens is 1. The van der Waals surface area contributed by atoms with Gasteiger partial charge in [-0.25, -0.2) is 0 Å². The van der Waals surface area contributed by atoms with Crippen molar-refractivity contribution >= 4 is 16.9 Å². The number of aromatic hydroxyl groups is 1. The minimum Gasteiger partial charge on any atom is -0.507 e. The molecule has 0 unspecified atom stereocenters. The normalized spacial score (nSPS) is 11.9. The van der Waals surface area contributed by atoms with Gasteiger partial charge in [0.1, 0.15) is 5.75 Å². The lowest BCUT2D eigenvalue weighted by atomic mass is 9.85. The van der Waals surface area contributed by atoms with Crippen molar-refractivity contribution in [1.82, 2.24) is 4.98 Å². The maximum absolute atomic E-state index is 11.1. The maximum Gasteiger partial charge on any atom is 0.309 e. The first-order chi connectivity index (χ1) is 8.31. The van der Waals surface area contributed by atoms with Crippen LogP contribution in [0.1, 0.15) is 25.1 Å². The highest BCUT2D eigenvalue weighted by molar-refractivity contribution is 5.88. The molecule has 96 valence electrons. The van der Waals surface area contributed by atoms with Crippen molar-refractivity contribution in [2.24, 2.45) is 5.41 Å². The van der Waals surface area contributed by atoms with Crippen molar-refractivity contribution in [2.45, 2.75) is 27.2 Å². The zero-order valence-corrected chi connectivity index (χ0v) is 10.7. The molecule has 0 aliphatic heterocycles. The minimum atomic E-state index is -0.892. The highest BCUT2D eigenvalue weighted by Crippen LogP contribution is 2.33. The van der Waals surface area contributed by atoms with Crippen molar-refractivity contribution in [1.29, 1.82) is 0 Å². The molecule has 18 heavy (non-hydrogen) atoms. The van der Waals surface area contributed by atoms with E-state index in [4.69, 9.17) is 5.11 Å². The number of carboxylic acid groups (broad SMARTS) is 1. The number of aromatic nitrogens is 1. The Morgan fingerprint density at radius 1 is 1.39 bits per heavy atom. The summed E-state index contributed by atoms with van der Waals surface area (Å²) in [7, 11) is 0. The zero-order valence-electron chi connectivity index (χ0n) is 10.7. The second kappa shape index (κ2) is 4.05. The first-order valence-corrected chi connectivity index (χ1v) is 5.85.